The van der Waals surface area contributed by atoms with Crippen molar-refractivity contribution in [3.8, 4) is 0 Å². The number of alkyl halides is 3. The predicted molar refractivity (Wildman–Crippen MR) is 93.2 cm³/mol. The van der Waals surface area contributed by atoms with E-state index in [1.807, 2.05) is 4.90 Å². The summed E-state index contributed by atoms with van der Waals surface area (Å²) >= 11 is 0. The minimum atomic E-state index is -4.37. The first kappa shape index (κ1) is 19.0. The molecule has 4 nitrogen and oxygen atoms in total. The molecule has 0 aliphatic carbocycles. The van der Waals surface area contributed by atoms with Crippen molar-refractivity contribution < 1.29 is 22.7 Å². The molecular formula is C19H25F3N2O2. The molecule has 144 valence electrons. The maximum absolute atomic E-state index is 13.2. The first-order chi connectivity index (χ1) is 12.4. The second-order valence-corrected chi connectivity index (χ2v) is 6.98. The van der Waals surface area contributed by atoms with Crippen LogP contribution in [0, 0.1) is 5.92 Å². The number of ether oxygens (including phenoxy) is 1. The Bertz CT molecular complexity index is 642. The quantitative estimate of drug-likeness (QED) is 0.823. The average molecular weight is 370 g/mol. The minimum absolute atomic E-state index is 0.246. The lowest BCUT2D eigenvalue weighted by atomic mass is 9.88. The molecule has 0 bridgehead atoms. The van der Waals surface area contributed by atoms with Crippen LogP contribution in [0.2, 0.25) is 0 Å². The number of hydrogen-bond acceptors (Lipinski definition) is 4. The molecule has 1 unspecified atom stereocenters. The molecule has 0 amide bonds. The Labute approximate surface area is 151 Å². The van der Waals surface area contributed by atoms with Crippen LogP contribution in [0.1, 0.15) is 43.2 Å². The molecule has 0 spiro atoms. The van der Waals surface area contributed by atoms with Crippen molar-refractivity contribution >= 4 is 11.7 Å². The van der Waals surface area contributed by atoms with E-state index in [1.165, 1.54) is 12.1 Å². The van der Waals surface area contributed by atoms with Gasteiger partial charge in [0.2, 0.25) is 0 Å². The summed E-state index contributed by atoms with van der Waals surface area (Å²) in [5.41, 5.74) is 0.951. The molecule has 2 saturated heterocycles. The molecular weight excluding hydrogens is 345 g/mol. The van der Waals surface area contributed by atoms with Crippen LogP contribution in [0.3, 0.4) is 0 Å². The molecule has 2 aliphatic heterocycles. The van der Waals surface area contributed by atoms with Gasteiger partial charge in [-0.2, -0.15) is 13.2 Å². The summed E-state index contributed by atoms with van der Waals surface area (Å²) in [4.78, 5) is 13.9. The van der Waals surface area contributed by atoms with Gasteiger partial charge in [0.1, 0.15) is 0 Å². The zero-order valence-electron chi connectivity index (χ0n) is 14.9. The molecule has 2 fully saturated rings. The van der Waals surface area contributed by atoms with Gasteiger partial charge < -0.3 is 15.0 Å². The first-order valence-corrected chi connectivity index (χ1v) is 9.23. The molecule has 7 heteroatoms. The molecule has 2 heterocycles. The highest BCUT2D eigenvalue weighted by Crippen LogP contribution is 2.40. The van der Waals surface area contributed by atoms with E-state index in [2.05, 4.69) is 5.32 Å². The van der Waals surface area contributed by atoms with E-state index in [-0.39, 0.29) is 17.8 Å². The second kappa shape index (κ2) is 7.86. The number of benzene rings is 1. The minimum Gasteiger partial charge on any atom is -0.466 e. The van der Waals surface area contributed by atoms with Gasteiger partial charge >= 0.3 is 12.1 Å². The third kappa shape index (κ3) is 4.14. The largest absolute Gasteiger partial charge is 0.466 e. The molecule has 3 rings (SSSR count). The fourth-order valence-corrected chi connectivity index (χ4v) is 3.90. The smallest absolute Gasteiger partial charge is 0.416 e. The van der Waals surface area contributed by atoms with Crippen molar-refractivity contribution in [3.05, 3.63) is 29.3 Å². The zero-order valence-corrected chi connectivity index (χ0v) is 14.9. The summed E-state index contributed by atoms with van der Waals surface area (Å²) in [6.45, 7) is 4.81. The number of nitrogens with zero attached hydrogens (tertiary/aromatic N) is 1. The Hall–Kier alpha value is -1.76. The number of halogens is 3. The first-order valence-electron chi connectivity index (χ1n) is 9.23. The van der Waals surface area contributed by atoms with Gasteiger partial charge in [-0.3, -0.25) is 4.79 Å². The van der Waals surface area contributed by atoms with E-state index in [0.29, 0.717) is 31.8 Å². The summed E-state index contributed by atoms with van der Waals surface area (Å²) in [5.74, 6) is -0.286. The molecule has 0 radical (unpaired) electrons. The van der Waals surface area contributed by atoms with Gasteiger partial charge in [0.15, 0.2) is 0 Å². The van der Waals surface area contributed by atoms with Crippen LogP contribution in [0.5, 0.6) is 0 Å². The van der Waals surface area contributed by atoms with Crippen molar-refractivity contribution in [2.24, 2.45) is 5.92 Å². The second-order valence-electron chi connectivity index (χ2n) is 6.98. The van der Waals surface area contributed by atoms with Crippen LogP contribution >= 0.6 is 0 Å². The van der Waals surface area contributed by atoms with Crippen molar-refractivity contribution in [2.45, 2.75) is 38.3 Å². The predicted octanol–water partition coefficient (Wildman–Crippen LogP) is 3.56. The lowest BCUT2D eigenvalue weighted by Crippen LogP contribution is -2.29. The maximum Gasteiger partial charge on any atom is 0.416 e. The lowest BCUT2D eigenvalue weighted by molar-refractivity contribution is -0.147. The average Bonchev–Trinajstić information content (AvgIpc) is 3.11. The van der Waals surface area contributed by atoms with Gasteiger partial charge in [-0.1, -0.05) is 6.07 Å². The Morgan fingerprint density at radius 2 is 2.00 bits per heavy atom. The number of piperidine rings is 1. The summed E-state index contributed by atoms with van der Waals surface area (Å²) in [6.07, 6.45) is -1.94. The fraction of sp³-hybridized carbons (Fsp3) is 0.632. The Morgan fingerprint density at radius 3 is 2.65 bits per heavy atom. The molecule has 2 aliphatic rings. The van der Waals surface area contributed by atoms with E-state index in [9.17, 15) is 18.0 Å². The molecule has 1 aromatic rings. The maximum atomic E-state index is 13.2. The summed E-state index contributed by atoms with van der Waals surface area (Å²) in [5, 5.41) is 3.29. The van der Waals surface area contributed by atoms with Gasteiger partial charge in [-0.05, 0) is 62.9 Å². The third-order valence-electron chi connectivity index (χ3n) is 5.29. The monoisotopic (exact) mass is 370 g/mol. The number of esters is 1. The van der Waals surface area contributed by atoms with Crippen molar-refractivity contribution in [1.82, 2.24) is 5.32 Å². The zero-order chi connectivity index (χ0) is 18.7. The van der Waals surface area contributed by atoms with Crippen LogP contribution < -0.4 is 10.2 Å². The standard InChI is InChI=1S/C19H25F3N2O2/c1-2-26-18(25)14-7-10-24(12-14)17-11-15(19(20,21)22)3-4-16(17)13-5-8-23-9-6-13/h3-4,11,13-14,23H,2,5-10,12H2,1H3. The number of nitrogens with one attached hydrogen (secondary N) is 1. The van der Waals surface area contributed by atoms with Gasteiger partial charge in [0.05, 0.1) is 18.1 Å². The number of anilines is 1. The molecule has 1 atom stereocenters. The van der Waals surface area contributed by atoms with Gasteiger partial charge in [-0.25, -0.2) is 0 Å². The topological polar surface area (TPSA) is 41.6 Å². The molecule has 1 aromatic carbocycles. The van der Waals surface area contributed by atoms with Crippen LogP contribution in [0.4, 0.5) is 18.9 Å². The normalized spacial score (nSPS) is 21.8. The molecule has 0 saturated carbocycles. The van der Waals surface area contributed by atoms with E-state index in [1.54, 1.807) is 13.0 Å². The number of carbonyl (C=O) groups is 1. The molecule has 1 N–H and O–H groups in total. The highest BCUT2D eigenvalue weighted by Gasteiger charge is 2.35. The molecule has 26 heavy (non-hydrogen) atoms. The lowest BCUT2D eigenvalue weighted by Gasteiger charge is -2.30. The Balaban J connectivity index is 1.88. The van der Waals surface area contributed by atoms with Crippen molar-refractivity contribution in [1.29, 1.82) is 0 Å². The van der Waals surface area contributed by atoms with E-state index >= 15 is 0 Å². The number of rotatable bonds is 4. The Morgan fingerprint density at radius 1 is 1.27 bits per heavy atom. The molecule has 0 aromatic heterocycles. The number of hydrogen-bond donors (Lipinski definition) is 1. The van der Waals surface area contributed by atoms with Gasteiger partial charge in [0.25, 0.3) is 0 Å². The Kier molecular flexibility index (Phi) is 5.75. The van der Waals surface area contributed by atoms with Crippen LogP contribution in [0.25, 0.3) is 0 Å². The summed E-state index contributed by atoms with van der Waals surface area (Å²) in [6, 6.07) is 4.07. The number of carbonyl (C=O) groups excluding carboxylic acids is 1. The fourth-order valence-electron chi connectivity index (χ4n) is 3.90. The van der Waals surface area contributed by atoms with Crippen LogP contribution in [-0.4, -0.2) is 38.8 Å². The van der Waals surface area contributed by atoms with Crippen LogP contribution in [0.15, 0.2) is 18.2 Å². The van der Waals surface area contributed by atoms with Crippen molar-refractivity contribution in [3.63, 3.8) is 0 Å². The van der Waals surface area contributed by atoms with Gasteiger partial charge in [-0.15, -0.1) is 0 Å². The van der Waals surface area contributed by atoms with Gasteiger partial charge in [0, 0.05) is 18.8 Å². The van der Waals surface area contributed by atoms with E-state index in [0.717, 1.165) is 31.5 Å². The van der Waals surface area contributed by atoms with E-state index in [4.69, 9.17) is 4.74 Å². The summed E-state index contributed by atoms with van der Waals surface area (Å²) < 4.78 is 44.8. The SMILES string of the molecule is CCOC(=O)C1CCN(c2cc(C(F)(F)F)ccc2C2CCNCC2)C1. The highest BCUT2D eigenvalue weighted by atomic mass is 19.4. The highest BCUT2D eigenvalue weighted by molar-refractivity contribution is 5.74. The third-order valence-corrected chi connectivity index (χ3v) is 5.29. The summed E-state index contributed by atoms with van der Waals surface area (Å²) in [7, 11) is 0. The van der Waals surface area contributed by atoms with Crippen LogP contribution in [-0.2, 0) is 15.7 Å². The van der Waals surface area contributed by atoms with E-state index < -0.39 is 11.7 Å². The van der Waals surface area contributed by atoms with Crippen molar-refractivity contribution in [2.75, 3.05) is 37.7 Å².